The third kappa shape index (κ3) is 5.45. The SMILES string of the molecule is CC(=O)N(CCC(=O)N[C@H](C#N)c1ccccc1C)Cc1ccccc1. The highest BCUT2D eigenvalue weighted by molar-refractivity contribution is 5.78. The molecule has 0 bridgehead atoms. The summed E-state index contributed by atoms with van der Waals surface area (Å²) in [5.74, 6) is -0.337. The van der Waals surface area contributed by atoms with Crippen molar-refractivity contribution >= 4 is 11.8 Å². The number of carbonyl (C=O) groups excluding carboxylic acids is 2. The van der Waals surface area contributed by atoms with Gasteiger partial charge in [-0.15, -0.1) is 0 Å². The van der Waals surface area contributed by atoms with Gasteiger partial charge in [-0.3, -0.25) is 9.59 Å². The molecule has 134 valence electrons. The molecule has 0 aliphatic rings. The molecule has 5 heteroatoms. The minimum Gasteiger partial charge on any atom is -0.338 e. The van der Waals surface area contributed by atoms with Crippen LogP contribution < -0.4 is 5.32 Å². The molecule has 0 heterocycles. The lowest BCUT2D eigenvalue weighted by Gasteiger charge is -2.21. The summed E-state index contributed by atoms with van der Waals surface area (Å²) in [6, 6.07) is 18.6. The van der Waals surface area contributed by atoms with Gasteiger partial charge in [0.2, 0.25) is 11.8 Å². The van der Waals surface area contributed by atoms with Crippen molar-refractivity contribution in [1.29, 1.82) is 5.26 Å². The van der Waals surface area contributed by atoms with E-state index in [-0.39, 0.29) is 18.2 Å². The number of carbonyl (C=O) groups is 2. The number of hydrogen-bond acceptors (Lipinski definition) is 3. The van der Waals surface area contributed by atoms with Crippen LogP contribution in [0.15, 0.2) is 54.6 Å². The summed E-state index contributed by atoms with van der Waals surface area (Å²) in [5, 5.41) is 12.1. The molecule has 2 aromatic rings. The monoisotopic (exact) mass is 349 g/mol. The van der Waals surface area contributed by atoms with Crippen LogP contribution in [0, 0.1) is 18.3 Å². The van der Waals surface area contributed by atoms with Crippen molar-refractivity contribution < 1.29 is 9.59 Å². The van der Waals surface area contributed by atoms with Crippen LogP contribution in [0.25, 0.3) is 0 Å². The van der Waals surface area contributed by atoms with Crippen LogP contribution >= 0.6 is 0 Å². The molecule has 0 aliphatic heterocycles. The minimum atomic E-state index is -0.691. The van der Waals surface area contributed by atoms with Gasteiger partial charge in [0.05, 0.1) is 6.07 Å². The van der Waals surface area contributed by atoms with E-state index >= 15 is 0 Å². The number of hydrogen-bond donors (Lipinski definition) is 1. The second-order valence-corrected chi connectivity index (χ2v) is 6.16. The lowest BCUT2D eigenvalue weighted by atomic mass is 10.0. The number of nitrogens with zero attached hydrogens (tertiary/aromatic N) is 2. The van der Waals surface area contributed by atoms with Crippen molar-refractivity contribution in [2.45, 2.75) is 32.9 Å². The Kier molecular flexibility index (Phi) is 6.92. The molecule has 0 saturated heterocycles. The number of benzene rings is 2. The Morgan fingerprint density at radius 2 is 1.77 bits per heavy atom. The zero-order chi connectivity index (χ0) is 18.9. The first-order valence-corrected chi connectivity index (χ1v) is 8.55. The number of rotatable bonds is 7. The summed E-state index contributed by atoms with van der Waals surface area (Å²) in [4.78, 5) is 25.8. The first kappa shape index (κ1) is 19.2. The third-order valence-corrected chi connectivity index (χ3v) is 4.20. The van der Waals surface area contributed by atoms with Crippen LogP contribution in [0.5, 0.6) is 0 Å². The van der Waals surface area contributed by atoms with Crippen LogP contribution in [0.3, 0.4) is 0 Å². The maximum atomic E-state index is 12.3. The quantitative estimate of drug-likeness (QED) is 0.835. The average molecular weight is 349 g/mol. The van der Waals surface area contributed by atoms with Gasteiger partial charge < -0.3 is 10.2 Å². The van der Waals surface area contributed by atoms with Gasteiger partial charge >= 0.3 is 0 Å². The van der Waals surface area contributed by atoms with Crippen LogP contribution in [-0.2, 0) is 16.1 Å². The second-order valence-electron chi connectivity index (χ2n) is 6.16. The van der Waals surface area contributed by atoms with Gasteiger partial charge in [0.15, 0.2) is 0 Å². The lowest BCUT2D eigenvalue weighted by molar-refractivity contribution is -0.130. The average Bonchev–Trinajstić information content (AvgIpc) is 2.64. The van der Waals surface area contributed by atoms with Crippen LogP contribution in [0.1, 0.15) is 36.1 Å². The van der Waals surface area contributed by atoms with Crippen LogP contribution in [-0.4, -0.2) is 23.3 Å². The highest BCUT2D eigenvalue weighted by atomic mass is 16.2. The highest BCUT2D eigenvalue weighted by Crippen LogP contribution is 2.16. The smallest absolute Gasteiger partial charge is 0.223 e. The van der Waals surface area contributed by atoms with Crippen LogP contribution in [0.2, 0.25) is 0 Å². The molecular formula is C21H23N3O2. The largest absolute Gasteiger partial charge is 0.338 e. The van der Waals surface area contributed by atoms with E-state index in [1.54, 1.807) is 4.90 Å². The normalized spacial score (nSPS) is 11.3. The van der Waals surface area contributed by atoms with Crippen molar-refractivity contribution in [3.63, 3.8) is 0 Å². The van der Waals surface area contributed by atoms with E-state index in [2.05, 4.69) is 11.4 Å². The zero-order valence-electron chi connectivity index (χ0n) is 15.1. The molecule has 0 radical (unpaired) electrons. The van der Waals surface area contributed by atoms with Gasteiger partial charge in [0.25, 0.3) is 0 Å². The molecule has 5 nitrogen and oxygen atoms in total. The first-order valence-electron chi connectivity index (χ1n) is 8.55. The molecule has 0 aliphatic carbocycles. The number of amides is 2. The fraction of sp³-hybridized carbons (Fsp3) is 0.286. The minimum absolute atomic E-state index is 0.0857. The molecule has 0 fully saturated rings. The van der Waals surface area contributed by atoms with Crippen molar-refractivity contribution in [2.24, 2.45) is 0 Å². The van der Waals surface area contributed by atoms with Gasteiger partial charge in [-0.05, 0) is 23.6 Å². The van der Waals surface area contributed by atoms with Gasteiger partial charge in [-0.2, -0.15) is 5.26 Å². The Labute approximate surface area is 154 Å². The van der Waals surface area contributed by atoms with Crippen molar-refractivity contribution in [3.8, 4) is 6.07 Å². The second kappa shape index (κ2) is 9.38. The van der Waals surface area contributed by atoms with E-state index in [9.17, 15) is 14.9 Å². The van der Waals surface area contributed by atoms with E-state index < -0.39 is 6.04 Å². The molecule has 26 heavy (non-hydrogen) atoms. The van der Waals surface area contributed by atoms with Gasteiger partial charge in [0.1, 0.15) is 6.04 Å². The predicted molar refractivity (Wildman–Crippen MR) is 99.8 cm³/mol. The van der Waals surface area contributed by atoms with Gasteiger partial charge in [0, 0.05) is 26.4 Å². The first-order chi connectivity index (χ1) is 12.5. The third-order valence-electron chi connectivity index (χ3n) is 4.20. The summed E-state index contributed by atoms with van der Waals surface area (Å²) in [6.45, 7) is 4.17. The molecule has 0 unspecified atom stereocenters. The summed E-state index contributed by atoms with van der Waals surface area (Å²) < 4.78 is 0. The summed E-state index contributed by atoms with van der Waals surface area (Å²) >= 11 is 0. The van der Waals surface area contributed by atoms with E-state index in [0.717, 1.165) is 16.7 Å². The van der Waals surface area contributed by atoms with Crippen molar-refractivity contribution in [2.75, 3.05) is 6.54 Å². The molecule has 0 saturated carbocycles. The Balaban J connectivity index is 1.94. The molecule has 0 aromatic heterocycles. The van der Waals surface area contributed by atoms with E-state index in [4.69, 9.17) is 0 Å². The number of aryl methyl sites for hydroxylation is 1. The van der Waals surface area contributed by atoms with E-state index in [1.165, 1.54) is 6.92 Å². The molecule has 1 N–H and O–H groups in total. The number of nitrogens with one attached hydrogen (secondary N) is 1. The zero-order valence-corrected chi connectivity index (χ0v) is 15.1. The van der Waals surface area contributed by atoms with Crippen molar-refractivity contribution in [3.05, 3.63) is 71.3 Å². The fourth-order valence-electron chi connectivity index (χ4n) is 2.71. The predicted octanol–water partition coefficient (Wildman–Crippen LogP) is 3.11. The van der Waals surface area contributed by atoms with Crippen LogP contribution in [0.4, 0.5) is 0 Å². The molecule has 2 rings (SSSR count). The summed E-state index contributed by atoms with van der Waals surface area (Å²) in [5.41, 5.74) is 2.75. The molecule has 2 amide bonds. The summed E-state index contributed by atoms with van der Waals surface area (Å²) in [7, 11) is 0. The Bertz CT molecular complexity index is 796. The lowest BCUT2D eigenvalue weighted by Crippen LogP contribution is -2.34. The Morgan fingerprint density at radius 1 is 1.12 bits per heavy atom. The maximum Gasteiger partial charge on any atom is 0.223 e. The molecule has 1 atom stereocenters. The standard InChI is InChI=1S/C21H23N3O2/c1-16-8-6-7-11-19(16)20(14-22)23-21(26)12-13-24(17(2)25)15-18-9-4-3-5-10-18/h3-11,20H,12-13,15H2,1-2H3,(H,23,26)/t20-/m1/s1. The van der Waals surface area contributed by atoms with Crippen molar-refractivity contribution in [1.82, 2.24) is 10.2 Å². The van der Waals surface area contributed by atoms with Gasteiger partial charge in [-0.25, -0.2) is 0 Å². The van der Waals surface area contributed by atoms with E-state index in [1.807, 2.05) is 61.5 Å². The van der Waals surface area contributed by atoms with Gasteiger partial charge in [-0.1, -0.05) is 54.6 Å². The maximum absolute atomic E-state index is 12.3. The highest BCUT2D eigenvalue weighted by Gasteiger charge is 2.17. The molecule has 2 aromatic carbocycles. The summed E-state index contributed by atoms with van der Waals surface area (Å²) in [6.07, 6.45) is 0.149. The molecular weight excluding hydrogens is 326 g/mol. The number of nitriles is 1. The Hall–Kier alpha value is -3.13. The Morgan fingerprint density at radius 3 is 2.38 bits per heavy atom. The fourth-order valence-corrected chi connectivity index (χ4v) is 2.71. The van der Waals surface area contributed by atoms with E-state index in [0.29, 0.717) is 13.1 Å². The topological polar surface area (TPSA) is 73.2 Å². The molecule has 0 spiro atoms.